The normalized spacial score (nSPS) is 10.4. The van der Waals surface area contributed by atoms with Gasteiger partial charge < -0.3 is 5.11 Å². The van der Waals surface area contributed by atoms with Crippen molar-refractivity contribution in [3.05, 3.63) is 51.5 Å². The molecule has 0 fully saturated rings. The van der Waals surface area contributed by atoms with Gasteiger partial charge in [-0.05, 0) is 12.0 Å². The van der Waals surface area contributed by atoms with Crippen LogP contribution in [0.1, 0.15) is 32.9 Å². The smallest absolute Gasteiger partial charge is 0.347 e. The minimum Gasteiger partial charge on any atom is -0.477 e. The number of aromatic carboxylic acids is 1. The molecule has 2 aromatic rings. The molecule has 0 aliphatic rings. The van der Waals surface area contributed by atoms with E-state index in [1.165, 1.54) is 11.3 Å². The summed E-state index contributed by atoms with van der Waals surface area (Å²) in [5, 5.41) is 10.0. The lowest BCUT2D eigenvalue weighted by molar-refractivity contribution is 0.0701. The predicted octanol–water partition coefficient (Wildman–Crippen LogP) is 2.99. The van der Waals surface area contributed by atoms with Crippen molar-refractivity contribution in [2.45, 2.75) is 19.8 Å². The Morgan fingerprint density at radius 1 is 1.35 bits per heavy atom. The maximum absolute atomic E-state index is 11.1. The van der Waals surface area contributed by atoms with Crippen molar-refractivity contribution < 1.29 is 9.90 Å². The second kappa shape index (κ2) is 5.10. The van der Waals surface area contributed by atoms with E-state index in [1.807, 2.05) is 37.3 Å². The maximum Gasteiger partial charge on any atom is 0.347 e. The van der Waals surface area contributed by atoms with E-state index >= 15 is 0 Å². The third kappa shape index (κ3) is 2.71. The van der Waals surface area contributed by atoms with Crippen LogP contribution in [0.4, 0.5) is 0 Å². The van der Waals surface area contributed by atoms with Gasteiger partial charge in [0.1, 0.15) is 4.88 Å². The number of nitrogens with zero attached hydrogens (tertiary/aromatic N) is 1. The van der Waals surface area contributed by atoms with Crippen molar-refractivity contribution in [1.29, 1.82) is 0 Å². The Kier molecular flexibility index (Phi) is 3.54. The highest BCUT2D eigenvalue weighted by atomic mass is 32.1. The molecule has 3 nitrogen and oxygen atoms in total. The molecule has 88 valence electrons. The molecule has 0 aliphatic carbocycles. The second-order valence-electron chi connectivity index (χ2n) is 3.70. The van der Waals surface area contributed by atoms with Gasteiger partial charge >= 0.3 is 5.97 Å². The Hall–Kier alpha value is -1.68. The Bertz CT molecular complexity index is 519. The fourth-order valence-electron chi connectivity index (χ4n) is 1.63. The molecule has 4 heteroatoms. The molecule has 0 bridgehead atoms. The lowest BCUT2D eigenvalue weighted by Gasteiger charge is -1.99. The number of carboxylic acids is 1. The van der Waals surface area contributed by atoms with Gasteiger partial charge in [-0.2, -0.15) is 0 Å². The minimum atomic E-state index is -0.881. The molecule has 2 rings (SSSR count). The van der Waals surface area contributed by atoms with E-state index in [-0.39, 0.29) is 0 Å². The molecule has 1 aromatic heterocycles. The van der Waals surface area contributed by atoms with Gasteiger partial charge in [0.15, 0.2) is 0 Å². The number of hydrogen-bond acceptors (Lipinski definition) is 3. The summed E-state index contributed by atoms with van der Waals surface area (Å²) in [5.41, 5.74) is 1.76. The van der Waals surface area contributed by atoms with Crippen LogP contribution in [0.3, 0.4) is 0 Å². The van der Waals surface area contributed by atoms with Gasteiger partial charge in [-0.3, -0.25) is 0 Å². The van der Waals surface area contributed by atoms with Gasteiger partial charge in [-0.15, -0.1) is 11.3 Å². The van der Waals surface area contributed by atoms with Crippen molar-refractivity contribution in [3.63, 3.8) is 0 Å². The zero-order valence-electron chi connectivity index (χ0n) is 9.51. The van der Waals surface area contributed by atoms with Crippen LogP contribution >= 0.6 is 11.3 Å². The molecule has 1 aromatic carbocycles. The van der Waals surface area contributed by atoms with E-state index in [2.05, 4.69) is 4.98 Å². The van der Waals surface area contributed by atoms with Crippen molar-refractivity contribution in [2.24, 2.45) is 0 Å². The standard InChI is InChI=1S/C13H13NO2S/c1-2-11-14-10(12(17-11)13(15)16)8-9-6-4-3-5-7-9/h3-7H,2,8H2,1H3,(H,15,16). The van der Waals surface area contributed by atoms with Crippen LogP contribution in [0, 0.1) is 0 Å². The first-order valence-electron chi connectivity index (χ1n) is 5.46. The van der Waals surface area contributed by atoms with E-state index in [0.29, 0.717) is 17.0 Å². The third-order valence-electron chi connectivity index (χ3n) is 2.45. The van der Waals surface area contributed by atoms with Crippen molar-refractivity contribution in [2.75, 3.05) is 0 Å². The molecule has 1 N–H and O–H groups in total. The molecular weight excluding hydrogens is 234 g/mol. The summed E-state index contributed by atoms with van der Waals surface area (Å²) in [6.45, 7) is 1.98. The van der Waals surface area contributed by atoms with E-state index in [9.17, 15) is 4.79 Å². The number of aromatic nitrogens is 1. The van der Waals surface area contributed by atoms with Crippen LogP contribution in [0.5, 0.6) is 0 Å². The number of hydrogen-bond donors (Lipinski definition) is 1. The molecule has 0 atom stereocenters. The van der Waals surface area contributed by atoms with Crippen LogP contribution in [0.2, 0.25) is 0 Å². The van der Waals surface area contributed by atoms with Gasteiger partial charge in [0.2, 0.25) is 0 Å². The summed E-state index contributed by atoms with van der Waals surface area (Å²) in [6.07, 6.45) is 1.36. The van der Waals surface area contributed by atoms with E-state index < -0.39 is 5.97 Å². The first-order chi connectivity index (χ1) is 8.20. The number of benzene rings is 1. The molecule has 0 saturated heterocycles. The summed E-state index contributed by atoms with van der Waals surface area (Å²) in [7, 11) is 0. The monoisotopic (exact) mass is 247 g/mol. The Labute approximate surface area is 104 Å². The van der Waals surface area contributed by atoms with Crippen LogP contribution < -0.4 is 0 Å². The SMILES string of the molecule is CCc1nc(Cc2ccccc2)c(C(=O)O)s1. The van der Waals surface area contributed by atoms with E-state index in [4.69, 9.17) is 5.11 Å². The molecule has 0 aliphatic heterocycles. The lowest BCUT2D eigenvalue weighted by atomic mass is 10.1. The fourth-order valence-corrected chi connectivity index (χ4v) is 2.49. The number of thiazole rings is 1. The Morgan fingerprint density at radius 3 is 2.65 bits per heavy atom. The number of carboxylic acid groups (broad SMARTS) is 1. The fraction of sp³-hybridized carbons (Fsp3) is 0.231. The quantitative estimate of drug-likeness (QED) is 0.903. The van der Waals surface area contributed by atoms with Crippen molar-refractivity contribution in [1.82, 2.24) is 4.98 Å². The molecule has 0 saturated carbocycles. The van der Waals surface area contributed by atoms with Crippen LogP contribution in [0.25, 0.3) is 0 Å². The summed E-state index contributed by atoms with van der Waals surface area (Å²) < 4.78 is 0. The highest BCUT2D eigenvalue weighted by molar-refractivity contribution is 7.13. The topological polar surface area (TPSA) is 50.2 Å². The van der Waals surface area contributed by atoms with Gasteiger partial charge in [0, 0.05) is 6.42 Å². The zero-order valence-corrected chi connectivity index (χ0v) is 10.3. The highest BCUT2D eigenvalue weighted by Crippen LogP contribution is 2.21. The molecular formula is C13H13NO2S. The summed E-state index contributed by atoms with van der Waals surface area (Å²) in [6, 6.07) is 9.80. The van der Waals surface area contributed by atoms with Crippen LogP contribution in [-0.4, -0.2) is 16.1 Å². The van der Waals surface area contributed by atoms with E-state index in [1.54, 1.807) is 0 Å². The van der Waals surface area contributed by atoms with E-state index in [0.717, 1.165) is 17.0 Å². The molecule has 0 unspecified atom stereocenters. The highest BCUT2D eigenvalue weighted by Gasteiger charge is 2.16. The number of carbonyl (C=O) groups is 1. The predicted molar refractivity (Wildman–Crippen MR) is 67.7 cm³/mol. The maximum atomic E-state index is 11.1. The summed E-state index contributed by atoms with van der Waals surface area (Å²) in [5.74, 6) is -0.881. The third-order valence-corrected chi connectivity index (χ3v) is 3.68. The number of aryl methyl sites for hydroxylation is 1. The van der Waals surface area contributed by atoms with Crippen molar-refractivity contribution in [3.8, 4) is 0 Å². The molecule has 0 spiro atoms. The van der Waals surface area contributed by atoms with Gasteiger partial charge in [0.25, 0.3) is 0 Å². The molecule has 0 amide bonds. The molecule has 1 heterocycles. The first-order valence-corrected chi connectivity index (χ1v) is 6.28. The Morgan fingerprint density at radius 2 is 2.06 bits per heavy atom. The summed E-state index contributed by atoms with van der Waals surface area (Å²) >= 11 is 1.28. The average molecular weight is 247 g/mol. The summed E-state index contributed by atoms with van der Waals surface area (Å²) in [4.78, 5) is 15.9. The van der Waals surface area contributed by atoms with Gasteiger partial charge in [0.05, 0.1) is 10.7 Å². The molecule has 17 heavy (non-hydrogen) atoms. The first kappa shape index (κ1) is 11.8. The van der Waals surface area contributed by atoms with Crippen LogP contribution in [-0.2, 0) is 12.8 Å². The largest absolute Gasteiger partial charge is 0.477 e. The zero-order chi connectivity index (χ0) is 12.3. The average Bonchev–Trinajstić information content (AvgIpc) is 2.74. The molecule has 0 radical (unpaired) electrons. The van der Waals surface area contributed by atoms with Gasteiger partial charge in [-0.1, -0.05) is 37.3 Å². The minimum absolute atomic E-state index is 0.366. The Balaban J connectivity index is 2.31. The number of rotatable bonds is 4. The van der Waals surface area contributed by atoms with Crippen molar-refractivity contribution >= 4 is 17.3 Å². The van der Waals surface area contributed by atoms with Gasteiger partial charge in [-0.25, -0.2) is 9.78 Å². The van der Waals surface area contributed by atoms with Crippen LogP contribution in [0.15, 0.2) is 30.3 Å². The second-order valence-corrected chi connectivity index (χ2v) is 4.79. The lowest BCUT2D eigenvalue weighted by Crippen LogP contribution is -1.99.